The lowest BCUT2D eigenvalue weighted by Crippen LogP contribution is -2.66. The maximum absolute atomic E-state index is 14.4. The van der Waals surface area contributed by atoms with E-state index in [-0.39, 0.29) is 36.1 Å². The molecule has 1 saturated carbocycles. The molecule has 0 spiro atoms. The van der Waals surface area contributed by atoms with E-state index in [0.29, 0.717) is 16.7 Å². The fraction of sp³-hybridized carbons (Fsp3) is 0.419. The summed E-state index contributed by atoms with van der Waals surface area (Å²) in [5.41, 5.74) is 3.08. The molecule has 1 aromatic heterocycles. The highest BCUT2D eigenvalue weighted by molar-refractivity contribution is 6.24. The average molecular weight is 649 g/mol. The summed E-state index contributed by atoms with van der Waals surface area (Å²) in [4.78, 5) is 45.4. The molecule has 0 radical (unpaired) electrons. The Hall–Kier alpha value is -4.34. The van der Waals surface area contributed by atoms with Crippen LogP contribution in [-0.2, 0) is 32.1 Å². The average Bonchev–Trinajstić information content (AvgIpc) is 2.96. The van der Waals surface area contributed by atoms with Crippen LogP contribution < -0.4 is 11.1 Å². The number of benzene rings is 1. The molecule has 2 aromatic rings. The molecule has 6 N–H and O–H groups in total. The van der Waals surface area contributed by atoms with Crippen molar-refractivity contribution >= 4 is 23.2 Å². The number of Topliss-reactive ketones (excluding diaryl/α,β-unsaturated/α-hetero) is 2. The minimum Gasteiger partial charge on any atom is -0.508 e. The number of aromatic hydroxyl groups is 1. The van der Waals surface area contributed by atoms with Gasteiger partial charge in [-0.3, -0.25) is 19.3 Å². The smallest absolute Gasteiger partial charge is 0.390 e. The van der Waals surface area contributed by atoms with E-state index in [1.54, 1.807) is 14.1 Å². The highest BCUT2D eigenvalue weighted by Crippen LogP contribution is 2.55. The van der Waals surface area contributed by atoms with Gasteiger partial charge in [0.25, 0.3) is 5.91 Å². The van der Waals surface area contributed by atoms with Crippen LogP contribution in [0.3, 0.4) is 0 Å². The summed E-state index contributed by atoms with van der Waals surface area (Å²) in [5.74, 6) is -7.79. The first-order valence-corrected chi connectivity index (χ1v) is 14.3. The predicted octanol–water partition coefficient (Wildman–Crippen LogP) is 2.86. The van der Waals surface area contributed by atoms with Crippen LogP contribution in [0, 0.1) is 17.8 Å². The van der Waals surface area contributed by atoms with Gasteiger partial charge in [0.2, 0.25) is 11.7 Å². The van der Waals surface area contributed by atoms with Crippen molar-refractivity contribution in [2.75, 3.05) is 27.7 Å². The molecule has 1 aromatic carbocycles. The van der Waals surface area contributed by atoms with Crippen molar-refractivity contribution in [2.45, 2.75) is 43.6 Å². The van der Waals surface area contributed by atoms with Gasteiger partial charge in [0.1, 0.15) is 22.8 Å². The Balaban J connectivity index is 1.72. The fourth-order valence-corrected chi connectivity index (χ4v) is 7.07. The maximum Gasteiger partial charge on any atom is 0.390 e. The number of nitrogens with zero attached hydrogens (tertiary/aromatic N) is 2. The molecule has 3 aliphatic carbocycles. The molecule has 3 aliphatic rings. The standard InChI is InChI=1S/C31H32F4N4O7/c1-39(2)23-18-10-14-8-17-16(13-4-5-19(32)38-12-13)9-15(11-37-7-6-30(33,34)35)24(40)21(17)25(41)20(14)27(43)31(18,46-3)28(44)22(26(23)42)29(36)45/h4-5,9,12,14,18,23,37,40-41,44H,6-8,10-11H2,1-3H3,(H2,36,45)/t14?,18-,23-,31-/m0/s1. The van der Waals surface area contributed by atoms with Gasteiger partial charge in [-0.25, -0.2) is 4.98 Å². The van der Waals surface area contributed by atoms with Gasteiger partial charge < -0.3 is 31.1 Å². The molecule has 0 saturated heterocycles. The van der Waals surface area contributed by atoms with Crippen LogP contribution >= 0.6 is 0 Å². The summed E-state index contributed by atoms with van der Waals surface area (Å²) in [6, 6.07) is 2.86. The second-order valence-corrected chi connectivity index (χ2v) is 11.8. The first-order valence-electron chi connectivity index (χ1n) is 14.3. The molecule has 0 aliphatic heterocycles. The SMILES string of the molecule is CO[C@]12C(=O)C3=C(O)c4c(O)c(CNCCC(F)(F)F)cc(-c5ccc(F)nc5)c4CC3C[C@H]1[C@H](N(C)C)C(=O)C(C(N)=O)=C2O. The maximum atomic E-state index is 14.4. The minimum atomic E-state index is -4.42. The van der Waals surface area contributed by atoms with Gasteiger partial charge in [-0.1, -0.05) is 0 Å². The van der Waals surface area contributed by atoms with Gasteiger partial charge >= 0.3 is 6.18 Å². The van der Waals surface area contributed by atoms with E-state index in [1.165, 1.54) is 23.2 Å². The van der Waals surface area contributed by atoms with Crippen molar-refractivity contribution in [1.29, 1.82) is 0 Å². The van der Waals surface area contributed by atoms with Crippen LogP contribution in [-0.4, -0.2) is 88.2 Å². The van der Waals surface area contributed by atoms with Crippen molar-refractivity contribution in [3.63, 3.8) is 0 Å². The van der Waals surface area contributed by atoms with Crippen molar-refractivity contribution < 1.29 is 52.0 Å². The second kappa shape index (κ2) is 11.8. The first kappa shape index (κ1) is 33.0. The second-order valence-electron chi connectivity index (χ2n) is 11.8. The quantitative estimate of drug-likeness (QED) is 0.124. The number of aliphatic hydroxyl groups is 2. The number of hydrogen-bond donors (Lipinski definition) is 5. The largest absolute Gasteiger partial charge is 0.508 e. The van der Waals surface area contributed by atoms with Gasteiger partial charge in [0.05, 0.1) is 18.0 Å². The zero-order valence-corrected chi connectivity index (χ0v) is 25.0. The Morgan fingerprint density at radius 2 is 1.91 bits per heavy atom. The lowest BCUT2D eigenvalue weighted by Gasteiger charge is -2.52. The number of ketones is 2. The number of alkyl halides is 3. The minimum absolute atomic E-state index is 0.00821. The number of phenols is 1. The van der Waals surface area contributed by atoms with Crippen LogP contribution in [0.4, 0.5) is 17.6 Å². The Labute approximate surface area is 260 Å². The van der Waals surface area contributed by atoms with Crippen molar-refractivity contribution in [3.8, 4) is 16.9 Å². The molecule has 1 heterocycles. The molecule has 15 heteroatoms. The number of phenolic OH excluding ortho intramolecular Hbond substituents is 1. The molecule has 46 heavy (non-hydrogen) atoms. The number of rotatable bonds is 8. The predicted molar refractivity (Wildman–Crippen MR) is 155 cm³/mol. The molecule has 0 bridgehead atoms. The lowest BCUT2D eigenvalue weighted by atomic mass is 9.57. The van der Waals surface area contributed by atoms with E-state index < -0.39 is 88.9 Å². The van der Waals surface area contributed by atoms with Gasteiger partial charge in [0.15, 0.2) is 11.4 Å². The highest BCUT2D eigenvalue weighted by atomic mass is 19.4. The van der Waals surface area contributed by atoms with Crippen LogP contribution in [0.15, 0.2) is 41.3 Å². The van der Waals surface area contributed by atoms with E-state index in [2.05, 4.69) is 10.3 Å². The third-order valence-corrected chi connectivity index (χ3v) is 9.03. The fourth-order valence-electron chi connectivity index (χ4n) is 7.07. The Kier molecular flexibility index (Phi) is 8.47. The Morgan fingerprint density at radius 1 is 1.22 bits per heavy atom. The van der Waals surface area contributed by atoms with E-state index >= 15 is 0 Å². The summed E-state index contributed by atoms with van der Waals surface area (Å²) in [6.07, 6.45) is -4.34. The summed E-state index contributed by atoms with van der Waals surface area (Å²) in [5, 5.41) is 37.0. The number of pyridine rings is 1. The van der Waals surface area contributed by atoms with Gasteiger partial charge in [-0.05, 0) is 62.2 Å². The number of carbonyl (C=O) groups excluding carboxylic acids is 3. The van der Waals surface area contributed by atoms with Crippen LogP contribution in [0.2, 0.25) is 0 Å². The molecule has 246 valence electrons. The summed E-state index contributed by atoms with van der Waals surface area (Å²) in [7, 11) is 4.21. The normalized spacial score (nSPS) is 24.7. The first-order chi connectivity index (χ1) is 21.5. The third kappa shape index (κ3) is 5.21. The number of ether oxygens (including phenoxy) is 1. The summed E-state index contributed by atoms with van der Waals surface area (Å²) >= 11 is 0. The van der Waals surface area contributed by atoms with Crippen LogP contribution in [0.25, 0.3) is 16.9 Å². The number of methoxy groups -OCH3 is 1. The molecular weight excluding hydrogens is 616 g/mol. The number of nitrogens with two attached hydrogens (primary N) is 1. The number of hydrogen-bond acceptors (Lipinski definition) is 10. The topological polar surface area (TPSA) is 175 Å². The zero-order chi connectivity index (χ0) is 33.9. The zero-order valence-electron chi connectivity index (χ0n) is 25.0. The number of fused-ring (bicyclic) bond motifs is 3. The molecule has 5 rings (SSSR count). The number of halogens is 4. The molecule has 11 nitrogen and oxygen atoms in total. The van der Waals surface area contributed by atoms with Gasteiger partial charge in [-0.15, -0.1) is 0 Å². The van der Waals surface area contributed by atoms with E-state index in [0.717, 1.165) is 13.2 Å². The van der Waals surface area contributed by atoms with E-state index in [4.69, 9.17) is 10.5 Å². The van der Waals surface area contributed by atoms with E-state index in [1.807, 2.05) is 0 Å². The Morgan fingerprint density at radius 3 is 2.48 bits per heavy atom. The number of carbonyl (C=O) groups is 3. The molecule has 4 atom stereocenters. The van der Waals surface area contributed by atoms with Crippen molar-refractivity contribution in [3.05, 3.63) is 63.9 Å². The number of nitrogens with one attached hydrogen (secondary N) is 1. The number of amides is 1. The molecule has 1 amide bonds. The number of primary amides is 1. The number of aliphatic hydroxyl groups excluding tert-OH is 2. The van der Waals surface area contributed by atoms with Crippen molar-refractivity contribution in [2.24, 2.45) is 17.6 Å². The summed E-state index contributed by atoms with van der Waals surface area (Å²) in [6.45, 7) is -0.739. The molecule has 1 fully saturated rings. The lowest BCUT2D eigenvalue weighted by molar-refractivity contribution is -0.159. The highest BCUT2D eigenvalue weighted by Gasteiger charge is 2.65. The van der Waals surface area contributed by atoms with Crippen LogP contribution in [0.1, 0.15) is 29.5 Å². The van der Waals surface area contributed by atoms with Gasteiger partial charge in [0, 0.05) is 49.0 Å². The van der Waals surface area contributed by atoms with Gasteiger partial charge in [-0.2, -0.15) is 17.6 Å². The monoisotopic (exact) mass is 648 g/mol. The van der Waals surface area contributed by atoms with E-state index in [9.17, 15) is 47.3 Å². The van der Waals surface area contributed by atoms with Crippen molar-refractivity contribution in [1.82, 2.24) is 15.2 Å². The number of likely N-dealkylation sites (N-methyl/N-ethyl adjacent to an activating group) is 1. The molecular formula is C31H32F4N4O7. The molecule has 1 unspecified atom stereocenters. The number of aromatic nitrogens is 1. The summed E-state index contributed by atoms with van der Waals surface area (Å²) < 4.78 is 57.6. The Bertz CT molecular complexity index is 1690. The van der Waals surface area contributed by atoms with Crippen LogP contribution in [0.5, 0.6) is 5.75 Å². The third-order valence-electron chi connectivity index (χ3n) is 9.03.